The molecule has 0 aliphatic carbocycles. The molecule has 0 spiro atoms. The van der Waals surface area contributed by atoms with Gasteiger partial charge in [-0.2, -0.15) is 11.8 Å². The molecule has 194 valence electrons. The number of hydrogen-bond acceptors (Lipinski definition) is 8. The molecule has 5 unspecified atom stereocenters. The molecular formula is C20H35N5O8S. The van der Waals surface area contributed by atoms with E-state index in [4.69, 9.17) is 16.6 Å². The van der Waals surface area contributed by atoms with Crippen molar-refractivity contribution in [2.24, 2.45) is 17.4 Å². The molecule has 0 fully saturated rings. The standard InChI is InChI=1S/C20H35N5O8S/c1-4-10(2)16(19(31)24-13(20(32)33)9-14(22)26)25-18(30)12(7-8-34-3)23-17(29)11(21)5-6-15(27)28/h10-13,16H,4-9,21H2,1-3H3,(H2,22,26)(H,23,29)(H,24,31)(H,25,30)(H,27,28)(H,32,33). The largest absolute Gasteiger partial charge is 0.481 e. The third kappa shape index (κ3) is 11.8. The third-order valence-electron chi connectivity index (χ3n) is 5.06. The van der Waals surface area contributed by atoms with Crippen LogP contribution in [0.15, 0.2) is 0 Å². The normalized spacial score (nSPS) is 15.2. The molecule has 0 saturated carbocycles. The van der Waals surface area contributed by atoms with Crippen LogP contribution in [0, 0.1) is 5.92 Å². The zero-order valence-corrected chi connectivity index (χ0v) is 20.4. The van der Waals surface area contributed by atoms with Crippen LogP contribution in [0.4, 0.5) is 0 Å². The summed E-state index contributed by atoms with van der Waals surface area (Å²) in [6, 6.07) is -4.91. The molecule has 0 heterocycles. The number of carbonyl (C=O) groups excluding carboxylic acids is 4. The van der Waals surface area contributed by atoms with Crippen LogP contribution in [0.3, 0.4) is 0 Å². The van der Waals surface area contributed by atoms with Crippen molar-refractivity contribution in [1.29, 1.82) is 0 Å². The Bertz CT molecular complexity index is 750. The van der Waals surface area contributed by atoms with Gasteiger partial charge in [-0.05, 0) is 30.8 Å². The smallest absolute Gasteiger partial charge is 0.326 e. The minimum absolute atomic E-state index is 0.119. The fourth-order valence-electron chi connectivity index (χ4n) is 2.81. The molecule has 0 aromatic carbocycles. The Morgan fingerprint density at radius 1 is 0.912 bits per heavy atom. The first-order chi connectivity index (χ1) is 15.8. The van der Waals surface area contributed by atoms with Crippen molar-refractivity contribution >= 4 is 47.3 Å². The molecule has 4 amide bonds. The van der Waals surface area contributed by atoms with E-state index in [9.17, 15) is 33.9 Å². The minimum atomic E-state index is -1.56. The number of hydrogen-bond donors (Lipinski definition) is 7. The van der Waals surface area contributed by atoms with Crippen LogP contribution in [-0.2, 0) is 28.8 Å². The zero-order valence-electron chi connectivity index (χ0n) is 19.5. The van der Waals surface area contributed by atoms with Crippen LogP contribution in [0.25, 0.3) is 0 Å². The van der Waals surface area contributed by atoms with Gasteiger partial charge in [-0.3, -0.25) is 24.0 Å². The van der Waals surface area contributed by atoms with Gasteiger partial charge in [0.15, 0.2) is 0 Å². The number of thioether (sulfide) groups is 1. The lowest BCUT2D eigenvalue weighted by atomic mass is 9.97. The average molecular weight is 506 g/mol. The molecule has 5 atom stereocenters. The van der Waals surface area contributed by atoms with Gasteiger partial charge in [0.1, 0.15) is 18.1 Å². The van der Waals surface area contributed by atoms with E-state index in [1.165, 1.54) is 11.8 Å². The van der Waals surface area contributed by atoms with Crippen LogP contribution in [-0.4, -0.2) is 82.0 Å². The summed E-state index contributed by atoms with van der Waals surface area (Å²) < 4.78 is 0. The van der Waals surface area contributed by atoms with Crippen molar-refractivity contribution < 1.29 is 39.0 Å². The van der Waals surface area contributed by atoms with E-state index in [-0.39, 0.29) is 19.3 Å². The van der Waals surface area contributed by atoms with Crippen LogP contribution < -0.4 is 27.4 Å². The minimum Gasteiger partial charge on any atom is -0.481 e. The number of carboxylic acid groups (broad SMARTS) is 2. The van der Waals surface area contributed by atoms with Crippen LogP contribution >= 0.6 is 11.8 Å². The molecule has 34 heavy (non-hydrogen) atoms. The van der Waals surface area contributed by atoms with Gasteiger partial charge in [0.2, 0.25) is 23.6 Å². The van der Waals surface area contributed by atoms with E-state index in [0.717, 1.165) is 0 Å². The SMILES string of the molecule is CCC(C)C(NC(=O)C(CCSC)NC(=O)C(N)CCC(=O)O)C(=O)NC(CC(N)=O)C(=O)O. The summed E-state index contributed by atoms with van der Waals surface area (Å²) in [5, 5.41) is 25.2. The molecular weight excluding hydrogens is 470 g/mol. The number of nitrogens with one attached hydrogen (secondary N) is 3. The summed E-state index contributed by atoms with van der Waals surface area (Å²) in [6.45, 7) is 3.44. The Kier molecular flexibility index (Phi) is 14.5. The molecule has 0 aromatic rings. The molecule has 14 heteroatoms. The van der Waals surface area contributed by atoms with E-state index >= 15 is 0 Å². The first-order valence-electron chi connectivity index (χ1n) is 10.7. The highest BCUT2D eigenvalue weighted by Gasteiger charge is 2.33. The summed E-state index contributed by atoms with van der Waals surface area (Å²) in [6.07, 6.45) is 1.40. The summed E-state index contributed by atoms with van der Waals surface area (Å²) in [5.74, 6) is -5.63. The summed E-state index contributed by atoms with van der Waals surface area (Å²) >= 11 is 1.42. The molecule has 0 rings (SSSR count). The molecule has 0 radical (unpaired) electrons. The fraction of sp³-hybridized carbons (Fsp3) is 0.700. The highest BCUT2D eigenvalue weighted by molar-refractivity contribution is 7.98. The van der Waals surface area contributed by atoms with Gasteiger partial charge < -0.3 is 37.6 Å². The topological polar surface area (TPSA) is 231 Å². The van der Waals surface area contributed by atoms with Crippen LogP contribution in [0.5, 0.6) is 0 Å². The first-order valence-corrected chi connectivity index (χ1v) is 12.1. The predicted molar refractivity (Wildman–Crippen MR) is 125 cm³/mol. The Morgan fingerprint density at radius 3 is 1.97 bits per heavy atom. The third-order valence-corrected chi connectivity index (χ3v) is 5.71. The molecule has 0 aliphatic heterocycles. The second-order valence-electron chi connectivity index (χ2n) is 7.82. The van der Waals surface area contributed by atoms with Gasteiger partial charge >= 0.3 is 11.9 Å². The molecule has 9 N–H and O–H groups in total. The number of carbonyl (C=O) groups is 6. The number of amides is 4. The van der Waals surface area contributed by atoms with Gasteiger partial charge in [0.05, 0.1) is 12.5 Å². The van der Waals surface area contributed by atoms with Crippen molar-refractivity contribution in [1.82, 2.24) is 16.0 Å². The van der Waals surface area contributed by atoms with Gasteiger partial charge in [-0.15, -0.1) is 0 Å². The monoisotopic (exact) mass is 505 g/mol. The van der Waals surface area contributed by atoms with Crippen molar-refractivity contribution in [3.05, 3.63) is 0 Å². The Morgan fingerprint density at radius 2 is 1.50 bits per heavy atom. The van der Waals surface area contributed by atoms with Crippen LogP contribution in [0.2, 0.25) is 0 Å². The Balaban J connectivity index is 5.50. The Hall–Kier alpha value is -2.87. The van der Waals surface area contributed by atoms with Crippen molar-refractivity contribution in [2.45, 2.75) is 70.1 Å². The first kappa shape index (κ1) is 31.1. The maximum atomic E-state index is 13.0. The van der Waals surface area contributed by atoms with E-state index in [1.807, 2.05) is 0 Å². The van der Waals surface area contributed by atoms with E-state index in [2.05, 4.69) is 16.0 Å². The molecule has 0 bridgehead atoms. The van der Waals surface area contributed by atoms with Gasteiger partial charge in [0, 0.05) is 6.42 Å². The lowest BCUT2D eigenvalue weighted by Gasteiger charge is -2.28. The van der Waals surface area contributed by atoms with Gasteiger partial charge in [0.25, 0.3) is 0 Å². The summed E-state index contributed by atoms with van der Waals surface area (Å²) in [4.78, 5) is 71.3. The van der Waals surface area contributed by atoms with Crippen LogP contribution in [0.1, 0.15) is 46.0 Å². The maximum Gasteiger partial charge on any atom is 0.326 e. The van der Waals surface area contributed by atoms with E-state index in [1.54, 1.807) is 20.1 Å². The van der Waals surface area contributed by atoms with Crippen molar-refractivity contribution in [3.63, 3.8) is 0 Å². The zero-order chi connectivity index (χ0) is 26.4. The Labute approximate surface area is 202 Å². The van der Waals surface area contributed by atoms with E-state index < -0.39 is 72.1 Å². The quantitative estimate of drug-likeness (QED) is 0.119. The number of nitrogens with two attached hydrogens (primary N) is 2. The number of carboxylic acids is 2. The second-order valence-corrected chi connectivity index (χ2v) is 8.81. The average Bonchev–Trinajstić information content (AvgIpc) is 2.76. The van der Waals surface area contributed by atoms with Gasteiger partial charge in [-0.1, -0.05) is 20.3 Å². The lowest BCUT2D eigenvalue weighted by Crippen LogP contribution is -2.59. The molecule has 0 saturated heterocycles. The van der Waals surface area contributed by atoms with Crippen molar-refractivity contribution in [3.8, 4) is 0 Å². The predicted octanol–water partition coefficient (Wildman–Crippen LogP) is -1.61. The number of rotatable bonds is 17. The lowest BCUT2D eigenvalue weighted by molar-refractivity contribution is -0.144. The molecule has 13 nitrogen and oxygen atoms in total. The second kappa shape index (κ2) is 15.9. The highest BCUT2D eigenvalue weighted by atomic mass is 32.2. The maximum absolute atomic E-state index is 13.0. The van der Waals surface area contributed by atoms with E-state index in [0.29, 0.717) is 12.2 Å². The van der Waals surface area contributed by atoms with Crippen molar-refractivity contribution in [2.75, 3.05) is 12.0 Å². The number of aliphatic carboxylic acids is 2. The fourth-order valence-corrected chi connectivity index (χ4v) is 3.28. The summed E-state index contributed by atoms with van der Waals surface area (Å²) in [7, 11) is 0. The van der Waals surface area contributed by atoms with Gasteiger partial charge in [-0.25, -0.2) is 4.79 Å². The molecule has 0 aromatic heterocycles. The highest BCUT2D eigenvalue weighted by Crippen LogP contribution is 2.11. The number of primary amides is 1. The summed E-state index contributed by atoms with van der Waals surface area (Å²) in [5.41, 5.74) is 10.8. The molecule has 0 aliphatic rings.